The Bertz CT molecular complexity index is 404. The van der Waals surface area contributed by atoms with Gasteiger partial charge in [-0.05, 0) is 32.1 Å². The average Bonchev–Trinajstić information content (AvgIpc) is 2.64. The van der Waals surface area contributed by atoms with Crippen LogP contribution in [0, 0.1) is 17.3 Å². The smallest absolute Gasteiger partial charge is 0.349 e. The molecule has 0 radical (unpaired) electrons. The molecule has 0 aromatic rings. The van der Waals surface area contributed by atoms with Gasteiger partial charge >= 0.3 is 11.9 Å². The van der Waals surface area contributed by atoms with Gasteiger partial charge in [-0.1, -0.05) is 31.5 Å². The summed E-state index contributed by atoms with van der Waals surface area (Å²) in [6, 6.07) is 0. The minimum absolute atomic E-state index is 0.0493. The molecule has 102 valence electrons. The largest absolute Gasteiger partial charge is 0.481 e. The third kappa shape index (κ3) is 3.25. The van der Waals surface area contributed by atoms with E-state index in [0.717, 1.165) is 0 Å². The summed E-state index contributed by atoms with van der Waals surface area (Å²) in [6.45, 7) is 8.92. The summed E-state index contributed by atoms with van der Waals surface area (Å²) in [5.74, 6) is -2.20. The van der Waals surface area contributed by atoms with Gasteiger partial charge in [0.15, 0.2) is 0 Å². The monoisotopic (exact) mass is 274 g/mol. The number of aliphatic carboxylic acids is 1. The van der Waals surface area contributed by atoms with Gasteiger partial charge in [0.2, 0.25) is 0 Å². The molecule has 5 heteroatoms. The van der Waals surface area contributed by atoms with E-state index in [4.69, 9.17) is 21.4 Å². The maximum atomic E-state index is 11.6. The predicted molar refractivity (Wildman–Crippen MR) is 68.2 cm³/mol. The molecule has 2 atom stereocenters. The summed E-state index contributed by atoms with van der Waals surface area (Å²) in [6.07, 6.45) is 1.49. The summed E-state index contributed by atoms with van der Waals surface area (Å²) in [7, 11) is 0. The number of halogens is 1. The predicted octanol–water partition coefficient (Wildman–Crippen LogP) is 2.81. The van der Waals surface area contributed by atoms with Gasteiger partial charge in [-0.15, -0.1) is 0 Å². The number of carboxylic acid groups (broad SMARTS) is 1. The molecule has 1 saturated carbocycles. The molecule has 1 aliphatic carbocycles. The Labute approximate surface area is 112 Å². The zero-order chi connectivity index (χ0) is 14.3. The third-order valence-electron chi connectivity index (χ3n) is 3.10. The topological polar surface area (TPSA) is 63.6 Å². The molecule has 0 saturated heterocycles. The van der Waals surface area contributed by atoms with Crippen LogP contribution in [0.3, 0.4) is 0 Å². The Morgan fingerprint density at radius 2 is 1.83 bits per heavy atom. The van der Waals surface area contributed by atoms with Crippen molar-refractivity contribution in [1.29, 1.82) is 0 Å². The van der Waals surface area contributed by atoms with Gasteiger partial charge in [0.1, 0.15) is 10.6 Å². The molecule has 0 spiro atoms. The molecule has 0 bridgehead atoms. The van der Waals surface area contributed by atoms with Crippen LogP contribution in [-0.2, 0) is 14.3 Å². The molecule has 0 aliphatic heterocycles. The van der Waals surface area contributed by atoms with Crippen molar-refractivity contribution < 1.29 is 19.4 Å². The van der Waals surface area contributed by atoms with Crippen molar-refractivity contribution in [3.8, 4) is 0 Å². The van der Waals surface area contributed by atoms with E-state index in [9.17, 15) is 9.59 Å². The molecule has 1 N–H and O–H groups in total. The number of carboxylic acids is 1. The van der Waals surface area contributed by atoms with E-state index in [0.29, 0.717) is 0 Å². The van der Waals surface area contributed by atoms with E-state index in [1.54, 1.807) is 20.8 Å². The number of carbonyl (C=O) groups excluding carboxylic acids is 1. The first-order valence-corrected chi connectivity index (χ1v) is 6.18. The van der Waals surface area contributed by atoms with Crippen molar-refractivity contribution in [1.82, 2.24) is 0 Å². The fourth-order valence-electron chi connectivity index (χ4n) is 2.01. The van der Waals surface area contributed by atoms with E-state index in [1.807, 2.05) is 13.8 Å². The van der Waals surface area contributed by atoms with Crippen LogP contribution in [0.15, 0.2) is 11.1 Å². The van der Waals surface area contributed by atoms with Crippen LogP contribution in [0.4, 0.5) is 0 Å². The summed E-state index contributed by atoms with van der Waals surface area (Å²) in [4.78, 5) is 22.6. The molecule has 0 heterocycles. The van der Waals surface area contributed by atoms with Crippen molar-refractivity contribution >= 4 is 23.5 Å². The lowest BCUT2D eigenvalue weighted by Crippen LogP contribution is -2.24. The molecule has 1 rings (SSSR count). The first-order valence-electron chi connectivity index (χ1n) is 5.80. The molecular formula is C13H19ClO4. The summed E-state index contributed by atoms with van der Waals surface area (Å²) < 4.78 is 5.11. The van der Waals surface area contributed by atoms with Gasteiger partial charge in [-0.25, -0.2) is 4.79 Å². The number of hydrogen-bond donors (Lipinski definition) is 1. The highest BCUT2D eigenvalue weighted by Gasteiger charge is 2.61. The number of carbonyl (C=O) groups is 2. The van der Waals surface area contributed by atoms with Crippen molar-refractivity contribution in [3.05, 3.63) is 11.1 Å². The highest BCUT2D eigenvalue weighted by Crippen LogP contribution is 2.59. The molecule has 1 aliphatic rings. The SMILES string of the molecule is CC(C)(C)OC(=O)C(Cl)=C[C@H]1[C@@H](C(=O)O)C1(C)C. The Morgan fingerprint density at radius 3 is 2.17 bits per heavy atom. The second-order valence-corrected chi connectivity index (χ2v) is 6.59. The summed E-state index contributed by atoms with van der Waals surface area (Å²) >= 11 is 5.86. The minimum atomic E-state index is -0.866. The quantitative estimate of drug-likeness (QED) is 0.635. The van der Waals surface area contributed by atoms with Crippen molar-refractivity contribution in [2.75, 3.05) is 0 Å². The van der Waals surface area contributed by atoms with Crippen LogP contribution in [0.25, 0.3) is 0 Å². The zero-order valence-electron chi connectivity index (χ0n) is 11.3. The van der Waals surface area contributed by atoms with Crippen LogP contribution in [0.1, 0.15) is 34.6 Å². The van der Waals surface area contributed by atoms with E-state index < -0.39 is 23.5 Å². The van der Waals surface area contributed by atoms with Crippen LogP contribution in [0.5, 0.6) is 0 Å². The number of esters is 1. The summed E-state index contributed by atoms with van der Waals surface area (Å²) in [5, 5.41) is 8.96. The highest BCUT2D eigenvalue weighted by molar-refractivity contribution is 6.41. The third-order valence-corrected chi connectivity index (χ3v) is 3.38. The first kappa shape index (κ1) is 15.0. The van der Waals surface area contributed by atoms with Gasteiger partial charge in [0, 0.05) is 0 Å². The maximum Gasteiger partial charge on any atom is 0.349 e. The second-order valence-electron chi connectivity index (χ2n) is 6.18. The maximum absolute atomic E-state index is 11.6. The van der Waals surface area contributed by atoms with Crippen molar-refractivity contribution in [3.63, 3.8) is 0 Å². The fraction of sp³-hybridized carbons (Fsp3) is 0.692. The van der Waals surface area contributed by atoms with Crippen molar-refractivity contribution in [2.45, 2.75) is 40.2 Å². The molecule has 18 heavy (non-hydrogen) atoms. The van der Waals surface area contributed by atoms with Crippen LogP contribution in [-0.4, -0.2) is 22.6 Å². The van der Waals surface area contributed by atoms with Gasteiger partial charge < -0.3 is 9.84 Å². The first-order chi connectivity index (χ1) is 7.97. The van der Waals surface area contributed by atoms with Gasteiger partial charge in [-0.3, -0.25) is 4.79 Å². The molecule has 0 aromatic heterocycles. The number of rotatable bonds is 3. The van der Waals surface area contributed by atoms with Crippen LogP contribution in [0.2, 0.25) is 0 Å². The minimum Gasteiger partial charge on any atom is -0.481 e. The van der Waals surface area contributed by atoms with E-state index in [2.05, 4.69) is 0 Å². The van der Waals surface area contributed by atoms with Crippen LogP contribution >= 0.6 is 11.6 Å². The number of allylic oxidation sites excluding steroid dienone is 1. The Hall–Kier alpha value is -1.03. The Balaban J connectivity index is 2.74. The fourth-order valence-corrected chi connectivity index (χ4v) is 2.19. The van der Waals surface area contributed by atoms with Crippen LogP contribution < -0.4 is 0 Å². The standard InChI is InChI=1S/C13H19ClO4/c1-12(2,3)18-11(17)8(14)6-7-9(10(15)16)13(7,4)5/h6-7,9H,1-5H3,(H,15,16)/t7-,9-/m0/s1. The lowest BCUT2D eigenvalue weighted by molar-refractivity contribution is -0.149. The number of ether oxygens (including phenoxy) is 1. The molecule has 4 nitrogen and oxygen atoms in total. The average molecular weight is 275 g/mol. The normalized spacial score (nSPS) is 26.7. The lowest BCUT2D eigenvalue weighted by Gasteiger charge is -2.19. The molecule has 0 aromatic carbocycles. The molecule has 0 amide bonds. The number of hydrogen-bond acceptors (Lipinski definition) is 3. The lowest BCUT2D eigenvalue weighted by atomic mass is 10.1. The zero-order valence-corrected chi connectivity index (χ0v) is 12.0. The van der Waals surface area contributed by atoms with Gasteiger partial charge in [0.05, 0.1) is 5.92 Å². The van der Waals surface area contributed by atoms with Gasteiger partial charge in [-0.2, -0.15) is 0 Å². The van der Waals surface area contributed by atoms with Crippen molar-refractivity contribution in [2.24, 2.45) is 17.3 Å². The Morgan fingerprint density at radius 1 is 1.33 bits per heavy atom. The second kappa shape index (κ2) is 4.57. The summed E-state index contributed by atoms with van der Waals surface area (Å²) in [5.41, 5.74) is -0.982. The molecule has 1 fully saturated rings. The molecule has 0 unspecified atom stereocenters. The highest BCUT2D eigenvalue weighted by atomic mass is 35.5. The van der Waals surface area contributed by atoms with E-state index >= 15 is 0 Å². The van der Waals surface area contributed by atoms with E-state index in [1.165, 1.54) is 6.08 Å². The van der Waals surface area contributed by atoms with E-state index in [-0.39, 0.29) is 16.4 Å². The van der Waals surface area contributed by atoms with Gasteiger partial charge in [0.25, 0.3) is 0 Å². The molecular weight excluding hydrogens is 256 g/mol. The Kier molecular flexibility index (Phi) is 3.82.